The minimum atomic E-state index is -0.425. The predicted octanol–water partition coefficient (Wildman–Crippen LogP) is 3.45. The fourth-order valence-corrected chi connectivity index (χ4v) is 4.81. The highest BCUT2D eigenvalue weighted by molar-refractivity contribution is 7.98. The second kappa shape index (κ2) is 5.94. The van der Waals surface area contributed by atoms with E-state index in [0.29, 0.717) is 10.9 Å². The Bertz CT molecular complexity index is 1170. The summed E-state index contributed by atoms with van der Waals surface area (Å²) in [6, 6.07) is 9.92. The Balaban J connectivity index is 1.68. The minimum Gasteiger partial charge on any atom is -0.285 e. The molecule has 0 fully saturated rings. The van der Waals surface area contributed by atoms with E-state index in [0.717, 1.165) is 24.5 Å². The number of nitrogens with zero attached hydrogens (tertiary/aromatic N) is 4. The normalized spacial score (nSPS) is 11.2. The van der Waals surface area contributed by atoms with Crippen molar-refractivity contribution in [3.63, 3.8) is 0 Å². The van der Waals surface area contributed by atoms with Crippen molar-refractivity contribution >= 4 is 50.4 Å². The lowest BCUT2D eigenvalue weighted by Gasteiger charge is -2.00. The van der Waals surface area contributed by atoms with Crippen LogP contribution in [0.25, 0.3) is 15.7 Å². The molecule has 118 valence electrons. The predicted molar refractivity (Wildman–Crippen MR) is 94.7 cm³/mol. The number of hydrogen-bond donors (Lipinski definition) is 1. The molecule has 0 aliphatic heterocycles. The standard InChI is InChI=1S/C15H8ClN5OS2/c16-12-9-3-1-2-4-10(9)24-11(12)7-23-14-19-13-8(5-17)6-18-21(13)15(22)20-14/h1-4,6H,7H2,(H,19,20,22). The van der Waals surface area contributed by atoms with Crippen LogP contribution >= 0.6 is 34.7 Å². The van der Waals surface area contributed by atoms with Gasteiger partial charge in [0.15, 0.2) is 10.8 Å². The number of nitrogens with one attached hydrogen (secondary N) is 1. The molecule has 0 atom stereocenters. The summed E-state index contributed by atoms with van der Waals surface area (Å²) in [4.78, 5) is 20.0. The van der Waals surface area contributed by atoms with Gasteiger partial charge < -0.3 is 0 Å². The molecule has 1 N–H and O–H groups in total. The van der Waals surface area contributed by atoms with E-state index in [1.165, 1.54) is 18.0 Å². The van der Waals surface area contributed by atoms with Crippen LogP contribution in [0.2, 0.25) is 5.02 Å². The van der Waals surface area contributed by atoms with Gasteiger partial charge in [0.05, 0.1) is 11.2 Å². The van der Waals surface area contributed by atoms with Crippen LogP contribution in [0.3, 0.4) is 0 Å². The molecule has 9 heteroatoms. The second-order valence-corrected chi connectivity index (χ2v) is 7.36. The van der Waals surface area contributed by atoms with Gasteiger partial charge in [-0.2, -0.15) is 14.9 Å². The number of thiophene rings is 1. The van der Waals surface area contributed by atoms with Crippen molar-refractivity contribution < 1.29 is 0 Å². The first-order valence-electron chi connectivity index (χ1n) is 6.84. The van der Waals surface area contributed by atoms with Crippen LogP contribution in [0.15, 0.2) is 40.4 Å². The summed E-state index contributed by atoms with van der Waals surface area (Å²) in [6.45, 7) is 0. The highest BCUT2D eigenvalue weighted by Gasteiger charge is 2.13. The van der Waals surface area contributed by atoms with Gasteiger partial charge >= 0.3 is 5.69 Å². The number of halogens is 1. The number of nitriles is 1. The molecule has 0 spiro atoms. The van der Waals surface area contributed by atoms with Gasteiger partial charge in [-0.3, -0.25) is 4.98 Å². The number of aromatic nitrogens is 4. The highest BCUT2D eigenvalue weighted by atomic mass is 35.5. The maximum atomic E-state index is 12.0. The third-order valence-electron chi connectivity index (χ3n) is 3.42. The Morgan fingerprint density at radius 2 is 2.25 bits per heavy atom. The van der Waals surface area contributed by atoms with E-state index < -0.39 is 5.69 Å². The Morgan fingerprint density at radius 3 is 3.04 bits per heavy atom. The van der Waals surface area contributed by atoms with Gasteiger partial charge in [0.2, 0.25) is 0 Å². The molecule has 3 heterocycles. The van der Waals surface area contributed by atoms with Gasteiger partial charge in [0.25, 0.3) is 0 Å². The van der Waals surface area contributed by atoms with Crippen LogP contribution in [0, 0.1) is 11.3 Å². The van der Waals surface area contributed by atoms with Crippen LogP contribution in [0.1, 0.15) is 10.4 Å². The molecule has 0 radical (unpaired) electrons. The molecule has 0 aliphatic carbocycles. The molecule has 0 amide bonds. The first-order valence-corrected chi connectivity index (χ1v) is 9.02. The fraction of sp³-hybridized carbons (Fsp3) is 0.0667. The lowest BCUT2D eigenvalue weighted by molar-refractivity contribution is 0.786. The molecule has 0 saturated heterocycles. The lowest BCUT2D eigenvalue weighted by Crippen LogP contribution is -2.19. The van der Waals surface area contributed by atoms with E-state index >= 15 is 0 Å². The summed E-state index contributed by atoms with van der Waals surface area (Å²) in [5, 5.41) is 15.1. The third kappa shape index (κ3) is 2.47. The zero-order chi connectivity index (χ0) is 16.7. The number of benzene rings is 1. The molecule has 6 nitrogen and oxygen atoms in total. The SMILES string of the molecule is N#Cc1cnn2c(=O)[nH]c(SCc3sc4ccccc4c3Cl)nc12. The van der Waals surface area contributed by atoms with Crippen molar-refractivity contribution in [1.29, 1.82) is 5.26 Å². The number of aromatic amines is 1. The van der Waals surface area contributed by atoms with Gasteiger partial charge in [0.1, 0.15) is 11.6 Å². The summed E-state index contributed by atoms with van der Waals surface area (Å²) in [7, 11) is 0. The van der Waals surface area contributed by atoms with Crippen LogP contribution in [-0.4, -0.2) is 19.6 Å². The molecule has 4 aromatic rings. The Hall–Kier alpha value is -2.34. The monoisotopic (exact) mass is 373 g/mol. The molecule has 1 aromatic carbocycles. The first kappa shape index (κ1) is 15.2. The summed E-state index contributed by atoms with van der Waals surface area (Å²) < 4.78 is 2.20. The van der Waals surface area contributed by atoms with E-state index in [-0.39, 0.29) is 11.2 Å². The zero-order valence-corrected chi connectivity index (χ0v) is 14.4. The number of thioether (sulfide) groups is 1. The summed E-state index contributed by atoms with van der Waals surface area (Å²) in [6.07, 6.45) is 1.33. The largest absolute Gasteiger partial charge is 0.350 e. The molecule has 3 aromatic heterocycles. The number of rotatable bonds is 3. The zero-order valence-electron chi connectivity index (χ0n) is 12.0. The molecule has 0 aliphatic rings. The summed E-state index contributed by atoms with van der Waals surface area (Å²) in [5.74, 6) is 0.577. The van der Waals surface area contributed by atoms with Crippen molar-refractivity contribution in [3.05, 3.63) is 56.4 Å². The third-order valence-corrected chi connectivity index (χ3v) is 6.22. The Labute approximate surface area is 148 Å². The Kier molecular flexibility index (Phi) is 3.76. The van der Waals surface area contributed by atoms with E-state index in [1.807, 2.05) is 30.3 Å². The van der Waals surface area contributed by atoms with Crippen LogP contribution in [-0.2, 0) is 5.75 Å². The smallest absolute Gasteiger partial charge is 0.285 e. The van der Waals surface area contributed by atoms with E-state index in [4.69, 9.17) is 16.9 Å². The van der Waals surface area contributed by atoms with Gasteiger partial charge in [-0.25, -0.2) is 9.78 Å². The van der Waals surface area contributed by atoms with Gasteiger partial charge in [-0.1, -0.05) is 41.6 Å². The molecule has 0 saturated carbocycles. The molecular formula is C15H8ClN5OS2. The maximum Gasteiger partial charge on any atom is 0.350 e. The first-order chi connectivity index (χ1) is 11.7. The molecule has 0 unspecified atom stereocenters. The van der Waals surface area contributed by atoms with Crippen LogP contribution in [0.4, 0.5) is 0 Å². The van der Waals surface area contributed by atoms with Crippen molar-refractivity contribution in [2.45, 2.75) is 10.9 Å². The van der Waals surface area contributed by atoms with Gasteiger partial charge in [-0.15, -0.1) is 11.3 Å². The average Bonchev–Trinajstić information content (AvgIpc) is 3.15. The lowest BCUT2D eigenvalue weighted by atomic mass is 10.2. The van der Waals surface area contributed by atoms with Gasteiger partial charge in [0, 0.05) is 20.7 Å². The average molecular weight is 374 g/mol. The fourth-order valence-electron chi connectivity index (χ4n) is 2.31. The molecular weight excluding hydrogens is 366 g/mol. The van der Waals surface area contributed by atoms with E-state index in [2.05, 4.69) is 15.1 Å². The topological polar surface area (TPSA) is 86.8 Å². The van der Waals surface area contributed by atoms with E-state index in [9.17, 15) is 4.79 Å². The van der Waals surface area contributed by atoms with Gasteiger partial charge in [-0.05, 0) is 6.07 Å². The quantitative estimate of drug-likeness (QED) is 0.556. The number of H-pyrrole nitrogens is 1. The van der Waals surface area contributed by atoms with Crippen molar-refractivity contribution in [2.24, 2.45) is 0 Å². The van der Waals surface area contributed by atoms with Crippen LogP contribution in [0.5, 0.6) is 0 Å². The second-order valence-electron chi connectivity index (χ2n) is 4.88. The minimum absolute atomic E-state index is 0.256. The molecule has 4 rings (SSSR count). The van der Waals surface area contributed by atoms with Crippen molar-refractivity contribution in [2.75, 3.05) is 0 Å². The van der Waals surface area contributed by atoms with Crippen molar-refractivity contribution in [1.82, 2.24) is 19.6 Å². The molecule has 0 bridgehead atoms. The summed E-state index contributed by atoms with van der Waals surface area (Å²) >= 11 is 9.41. The number of hydrogen-bond acceptors (Lipinski definition) is 6. The summed E-state index contributed by atoms with van der Waals surface area (Å²) in [5.41, 5.74) is 0.0977. The molecule has 24 heavy (non-hydrogen) atoms. The van der Waals surface area contributed by atoms with Crippen LogP contribution < -0.4 is 5.69 Å². The van der Waals surface area contributed by atoms with Crippen molar-refractivity contribution in [3.8, 4) is 6.07 Å². The van der Waals surface area contributed by atoms with E-state index in [1.54, 1.807) is 11.3 Å². The highest BCUT2D eigenvalue weighted by Crippen LogP contribution is 2.37. The Morgan fingerprint density at radius 1 is 1.42 bits per heavy atom. The maximum absolute atomic E-state index is 12.0. The number of fused-ring (bicyclic) bond motifs is 2.